The number of alkyl halides is 3. The molecule has 15 heavy (non-hydrogen) atoms. The van der Waals surface area contributed by atoms with Crippen LogP contribution in [0.4, 0.5) is 17.6 Å². The summed E-state index contributed by atoms with van der Waals surface area (Å²) in [6, 6.07) is 2.35. The van der Waals surface area contributed by atoms with Crippen molar-refractivity contribution in [2.75, 3.05) is 0 Å². The molecule has 1 aromatic carbocycles. The van der Waals surface area contributed by atoms with E-state index in [0.717, 1.165) is 19.1 Å². The van der Waals surface area contributed by atoms with Gasteiger partial charge >= 0.3 is 6.36 Å². The predicted octanol–water partition coefficient (Wildman–Crippen LogP) is 2.93. The first-order valence-corrected chi connectivity index (χ1v) is 3.86. The molecular weight excluding hydrogens is 216 g/mol. The van der Waals surface area contributed by atoms with Crippen LogP contribution in [-0.2, 0) is 0 Å². The van der Waals surface area contributed by atoms with Gasteiger partial charge in [0, 0.05) is 6.07 Å². The lowest BCUT2D eigenvalue weighted by atomic mass is 10.1. The van der Waals surface area contributed by atoms with Crippen molar-refractivity contribution in [2.45, 2.75) is 13.3 Å². The van der Waals surface area contributed by atoms with Crippen molar-refractivity contribution in [3.05, 3.63) is 29.6 Å². The third kappa shape index (κ3) is 3.23. The average Bonchev–Trinajstić information content (AvgIpc) is 1.99. The Bertz CT molecular complexity index is 384. The van der Waals surface area contributed by atoms with Gasteiger partial charge < -0.3 is 4.74 Å². The molecule has 0 amide bonds. The Balaban J connectivity index is 3.13. The Morgan fingerprint density at radius 2 is 1.93 bits per heavy atom. The zero-order valence-corrected chi connectivity index (χ0v) is 7.56. The van der Waals surface area contributed by atoms with Crippen LogP contribution in [0.1, 0.15) is 17.3 Å². The molecule has 0 aliphatic carbocycles. The molecule has 0 fully saturated rings. The van der Waals surface area contributed by atoms with E-state index in [9.17, 15) is 22.4 Å². The van der Waals surface area contributed by atoms with Gasteiger partial charge in [-0.3, -0.25) is 4.79 Å². The van der Waals surface area contributed by atoms with E-state index in [-0.39, 0.29) is 5.56 Å². The Morgan fingerprint density at radius 1 is 1.33 bits per heavy atom. The summed E-state index contributed by atoms with van der Waals surface area (Å²) in [6.07, 6.45) is -4.95. The zero-order chi connectivity index (χ0) is 11.6. The minimum atomic E-state index is -4.95. The van der Waals surface area contributed by atoms with Gasteiger partial charge in [0.15, 0.2) is 5.78 Å². The molecule has 0 spiro atoms. The van der Waals surface area contributed by atoms with Gasteiger partial charge in [-0.05, 0) is 19.1 Å². The first-order valence-electron chi connectivity index (χ1n) is 3.86. The van der Waals surface area contributed by atoms with Crippen LogP contribution < -0.4 is 4.74 Å². The van der Waals surface area contributed by atoms with Gasteiger partial charge in [0.05, 0.1) is 5.56 Å². The van der Waals surface area contributed by atoms with Crippen molar-refractivity contribution < 1.29 is 27.1 Å². The highest BCUT2D eigenvalue weighted by atomic mass is 19.4. The van der Waals surface area contributed by atoms with Crippen molar-refractivity contribution in [3.63, 3.8) is 0 Å². The number of carbonyl (C=O) groups is 1. The van der Waals surface area contributed by atoms with E-state index in [0.29, 0.717) is 6.07 Å². The lowest BCUT2D eigenvalue weighted by molar-refractivity contribution is -0.274. The summed E-state index contributed by atoms with van der Waals surface area (Å²) in [6.45, 7) is 1.07. The van der Waals surface area contributed by atoms with Crippen molar-refractivity contribution in [2.24, 2.45) is 0 Å². The zero-order valence-electron chi connectivity index (χ0n) is 7.56. The van der Waals surface area contributed by atoms with Gasteiger partial charge in [0.2, 0.25) is 0 Å². The second-order valence-corrected chi connectivity index (χ2v) is 2.74. The number of Topliss-reactive ketones (excluding diaryl/α,β-unsaturated/α-hetero) is 1. The van der Waals surface area contributed by atoms with Crippen molar-refractivity contribution >= 4 is 5.78 Å². The summed E-state index contributed by atoms with van der Waals surface area (Å²) >= 11 is 0. The highest BCUT2D eigenvalue weighted by Crippen LogP contribution is 2.27. The number of benzene rings is 1. The fourth-order valence-electron chi connectivity index (χ4n) is 0.996. The summed E-state index contributed by atoms with van der Waals surface area (Å²) in [5.41, 5.74) is -0.311. The Hall–Kier alpha value is -1.59. The van der Waals surface area contributed by atoms with Gasteiger partial charge in [-0.25, -0.2) is 4.39 Å². The Morgan fingerprint density at radius 3 is 2.40 bits per heavy atom. The van der Waals surface area contributed by atoms with Crippen LogP contribution in [-0.4, -0.2) is 12.1 Å². The molecule has 82 valence electrons. The van der Waals surface area contributed by atoms with Crippen molar-refractivity contribution in [1.82, 2.24) is 0 Å². The molecule has 0 atom stereocenters. The molecule has 0 aliphatic rings. The normalized spacial score (nSPS) is 11.3. The maximum Gasteiger partial charge on any atom is 0.573 e. The third-order valence-electron chi connectivity index (χ3n) is 1.55. The van der Waals surface area contributed by atoms with E-state index in [1.165, 1.54) is 0 Å². The average molecular weight is 222 g/mol. The monoisotopic (exact) mass is 222 g/mol. The minimum Gasteiger partial charge on any atom is -0.405 e. The molecule has 0 bridgehead atoms. The molecule has 6 heteroatoms. The third-order valence-corrected chi connectivity index (χ3v) is 1.55. The molecule has 0 saturated carbocycles. The number of hydrogen-bond acceptors (Lipinski definition) is 2. The van der Waals surface area contributed by atoms with Crippen LogP contribution in [0.2, 0.25) is 0 Å². The number of ketones is 1. The predicted molar refractivity (Wildman–Crippen MR) is 43.1 cm³/mol. The number of rotatable bonds is 2. The van der Waals surface area contributed by atoms with Gasteiger partial charge in [0.25, 0.3) is 0 Å². The van der Waals surface area contributed by atoms with Crippen LogP contribution in [0.25, 0.3) is 0 Å². The lowest BCUT2D eigenvalue weighted by Crippen LogP contribution is -2.18. The van der Waals surface area contributed by atoms with Crippen LogP contribution in [0.5, 0.6) is 5.75 Å². The maximum absolute atomic E-state index is 12.6. The van der Waals surface area contributed by atoms with Crippen LogP contribution >= 0.6 is 0 Å². The molecule has 0 saturated heterocycles. The van der Waals surface area contributed by atoms with Crippen LogP contribution in [0.3, 0.4) is 0 Å². The lowest BCUT2D eigenvalue weighted by Gasteiger charge is -2.11. The number of carbonyl (C=O) groups excluding carboxylic acids is 1. The quantitative estimate of drug-likeness (QED) is 0.568. The molecule has 1 rings (SSSR count). The Labute approximate surface area is 82.5 Å². The first kappa shape index (κ1) is 11.5. The van der Waals surface area contributed by atoms with E-state index in [1.807, 2.05) is 0 Å². The summed E-state index contributed by atoms with van der Waals surface area (Å²) in [4.78, 5) is 10.9. The SMILES string of the molecule is CC(=O)c1ccc(F)cc1OC(F)(F)F. The number of halogens is 4. The number of hydrogen-bond donors (Lipinski definition) is 0. The smallest absolute Gasteiger partial charge is 0.405 e. The van der Waals surface area contributed by atoms with Crippen molar-refractivity contribution in [3.8, 4) is 5.75 Å². The minimum absolute atomic E-state index is 0.311. The maximum atomic E-state index is 12.6. The fraction of sp³-hybridized carbons (Fsp3) is 0.222. The fourth-order valence-corrected chi connectivity index (χ4v) is 0.996. The van der Waals surface area contributed by atoms with Gasteiger partial charge in [0.1, 0.15) is 11.6 Å². The molecule has 0 N–H and O–H groups in total. The van der Waals surface area contributed by atoms with E-state index >= 15 is 0 Å². The van der Waals surface area contributed by atoms with Gasteiger partial charge in [-0.15, -0.1) is 13.2 Å². The number of ether oxygens (including phenoxy) is 1. The summed E-state index contributed by atoms with van der Waals surface area (Å²) in [5, 5.41) is 0. The molecule has 1 aromatic rings. The molecule has 0 radical (unpaired) electrons. The summed E-state index contributed by atoms with van der Waals surface area (Å²) in [5.74, 6) is -2.36. The highest BCUT2D eigenvalue weighted by Gasteiger charge is 2.32. The Kier molecular flexibility index (Phi) is 2.97. The highest BCUT2D eigenvalue weighted by molar-refractivity contribution is 5.96. The summed E-state index contributed by atoms with van der Waals surface area (Å²) < 4.78 is 51.7. The molecule has 2 nitrogen and oxygen atoms in total. The molecule has 0 heterocycles. The molecule has 0 unspecified atom stereocenters. The molecule has 0 aliphatic heterocycles. The van der Waals surface area contributed by atoms with Gasteiger partial charge in [-0.1, -0.05) is 0 Å². The van der Waals surface area contributed by atoms with Gasteiger partial charge in [-0.2, -0.15) is 0 Å². The molecular formula is C9H6F4O2. The standard InChI is InChI=1S/C9H6F4O2/c1-5(14)7-3-2-6(10)4-8(7)15-9(11,12)13/h2-4H,1H3. The van der Waals surface area contributed by atoms with E-state index < -0.39 is 23.7 Å². The van der Waals surface area contributed by atoms with E-state index in [4.69, 9.17) is 0 Å². The van der Waals surface area contributed by atoms with Crippen LogP contribution in [0.15, 0.2) is 18.2 Å². The second kappa shape index (κ2) is 3.88. The van der Waals surface area contributed by atoms with Crippen molar-refractivity contribution in [1.29, 1.82) is 0 Å². The topological polar surface area (TPSA) is 26.3 Å². The van der Waals surface area contributed by atoms with Crippen LogP contribution in [0, 0.1) is 5.82 Å². The largest absolute Gasteiger partial charge is 0.573 e. The van der Waals surface area contributed by atoms with E-state index in [1.54, 1.807) is 0 Å². The summed E-state index contributed by atoms with van der Waals surface area (Å²) in [7, 11) is 0. The van der Waals surface area contributed by atoms with E-state index in [2.05, 4.69) is 4.74 Å². The first-order chi connectivity index (χ1) is 6.79. The second-order valence-electron chi connectivity index (χ2n) is 2.74. The molecule has 0 aromatic heterocycles.